The van der Waals surface area contributed by atoms with Crippen LogP contribution in [0.4, 0.5) is 5.69 Å². The number of hydrogen-bond donors (Lipinski definition) is 0. The number of hydrogen-bond acceptors (Lipinski definition) is 6. The predicted octanol–water partition coefficient (Wildman–Crippen LogP) is 2.31. The number of carbonyl (C=O) groups excluding carboxylic acids is 2. The number of amides is 1. The van der Waals surface area contributed by atoms with Crippen LogP contribution in [0.1, 0.15) is 25.7 Å². The average molecular weight is 447 g/mol. The van der Waals surface area contributed by atoms with Gasteiger partial charge in [0.25, 0.3) is 0 Å². The number of carbonyl (C=O) groups is 2. The van der Waals surface area contributed by atoms with E-state index in [-0.39, 0.29) is 30.8 Å². The van der Waals surface area contributed by atoms with Crippen molar-refractivity contribution < 1.29 is 27.5 Å². The Morgan fingerprint density at radius 1 is 1.24 bits per heavy atom. The molecule has 1 aromatic carbocycles. The molecule has 1 heterocycles. The summed E-state index contributed by atoms with van der Waals surface area (Å²) in [7, 11) is -0.694. The summed E-state index contributed by atoms with van der Waals surface area (Å²) >= 11 is 6.11. The lowest BCUT2D eigenvalue weighted by Gasteiger charge is -2.31. The number of benzene rings is 1. The largest absolute Gasteiger partial charge is 0.495 e. The number of likely N-dealkylation sites (tertiary alicyclic amines) is 1. The van der Waals surface area contributed by atoms with Crippen LogP contribution in [0.15, 0.2) is 18.2 Å². The van der Waals surface area contributed by atoms with Crippen molar-refractivity contribution in [2.75, 3.05) is 44.4 Å². The summed E-state index contributed by atoms with van der Waals surface area (Å²) in [4.78, 5) is 25.7. The van der Waals surface area contributed by atoms with Gasteiger partial charge in [-0.15, -0.1) is 0 Å². The van der Waals surface area contributed by atoms with E-state index in [4.69, 9.17) is 21.1 Å². The Bertz CT molecular complexity index is 837. The third-order valence-corrected chi connectivity index (χ3v) is 6.45. The number of methoxy groups -OCH3 is 2. The van der Waals surface area contributed by atoms with E-state index in [0.29, 0.717) is 48.8 Å². The smallest absolute Gasteiger partial charge is 0.308 e. The van der Waals surface area contributed by atoms with Crippen molar-refractivity contribution in [1.82, 2.24) is 4.90 Å². The van der Waals surface area contributed by atoms with Crippen LogP contribution >= 0.6 is 11.6 Å². The fourth-order valence-electron chi connectivity index (χ4n) is 3.36. The first kappa shape index (κ1) is 23.3. The maximum Gasteiger partial charge on any atom is 0.308 e. The van der Waals surface area contributed by atoms with E-state index in [9.17, 15) is 18.0 Å². The van der Waals surface area contributed by atoms with E-state index in [1.165, 1.54) is 24.6 Å². The molecule has 10 heteroatoms. The summed E-state index contributed by atoms with van der Waals surface area (Å²) in [6, 6.07) is 4.75. The van der Waals surface area contributed by atoms with Crippen molar-refractivity contribution >= 4 is 39.2 Å². The second-order valence-corrected chi connectivity index (χ2v) is 9.25. The van der Waals surface area contributed by atoms with E-state index in [0.717, 1.165) is 6.26 Å². The Kier molecular flexibility index (Phi) is 8.15. The highest BCUT2D eigenvalue weighted by Crippen LogP contribution is 2.30. The molecule has 0 bridgehead atoms. The quantitative estimate of drug-likeness (QED) is 0.569. The zero-order chi connectivity index (χ0) is 21.6. The summed E-state index contributed by atoms with van der Waals surface area (Å²) in [5.74, 6) is 0.00701. The van der Waals surface area contributed by atoms with Crippen molar-refractivity contribution in [3.63, 3.8) is 0 Å². The van der Waals surface area contributed by atoms with Gasteiger partial charge < -0.3 is 14.4 Å². The van der Waals surface area contributed by atoms with E-state index in [1.54, 1.807) is 17.0 Å². The van der Waals surface area contributed by atoms with Crippen LogP contribution in [0.5, 0.6) is 5.75 Å². The molecule has 1 aliphatic heterocycles. The number of rotatable bonds is 8. The van der Waals surface area contributed by atoms with E-state index < -0.39 is 10.0 Å². The zero-order valence-corrected chi connectivity index (χ0v) is 18.5. The molecule has 1 aromatic rings. The van der Waals surface area contributed by atoms with Gasteiger partial charge in [0.05, 0.1) is 37.1 Å². The molecule has 0 N–H and O–H groups in total. The number of ether oxygens (including phenoxy) is 2. The summed E-state index contributed by atoms with van der Waals surface area (Å²) in [6.07, 6.45) is 2.87. The lowest BCUT2D eigenvalue weighted by atomic mass is 9.97. The molecule has 0 atom stereocenters. The molecule has 0 unspecified atom stereocenters. The minimum absolute atomic E-state index is 0.0467. The number of piperidine rings is 1. The molecular weight excluding hydrogens is 420 g/mol. The number of nitrogens with zero attached hydrogens (tertiary/aromatic N) is 2. The molecule has 1 fully saturated rings. The van der Waals surface area contributed by atoms with Crippen LogP contribution in [0.25, 0.3) is 0 Å². The topological polar surface area (TPSA) is 93.2 Å². The summed E-state index contributed by atoms with van der Waals surface area (Å²) in [6.45, 7) is 1.16. The van der Waals surface area contributed by atoms with E-state index in [1.807, 2.05) is 0 Å². The highest BCUT2D eigenvalue weighted by molar-refractivity contribution is 7.92. The van der Waals surface area contributed by atoms with Crippen LogP contribution in [0, 0.1) is 5.92 Å². The van der Waals surface area contributed by atoms with Gasteiger partial charge in [0.15, 0.2) is 0 Å². The Morgan fingerprint density at radius 2 is 1.90 bits per heavy atom. The molecule has 1 saturated heterocycles. The molecule has 1 aliphatic rings. The molecule has 0 aliphatic carbocycles. The number of anilines is 1. The van der Waals surface area contributed by atoms with Crippen LogP contribution in [0.2, 0.25) is 5.02 Å². The van der Waals surface area contributed by atoms with Gasteiger partial charge in [-0.1, -0.05) is 11.6 Å². The van der Waals surface area contributed by atoms with Gasteiger partial charge in [-0.05, 0) is 37.5 Å². The fraction of sp³-hybridized carbons (Fsp3) is 0.579. The van der Waals surface area contributed by atoms with Crippen molar-refractivity contribution in [1.29, 1.82) is 0 Å². The maximum atomic E-state index is 12.5. The third kappa shape index (κ3) is 6.24. The van der Waals surface area contributed by atoms with Crippen LogP contribution in [-0.4, -0.2) is 65.3 Å². The Labute approximate surface area is 176 Å². The highest BCUT2D eigenvalue weighted by atomic mass is 35.5. The summed E-state index contributed by atoms with van der Waals surface area (Å²) < 4.78 is 35.5. The average Bonchev–Trinajstić information content (AvgIpc) is 2.69. The Balaban J connectivity index is 1.93. The first-order valence-corrected chi connectivity index (χ1v) is 11.6. The lowest BCUT2D eigenvalue weighted by Crippen LogP contribution is -2.40. The van der Waals surface area contributed by atoms with Gasteiger partial charge in [0, 0.05) is 26.1 Å². The molecule has 0 aromatic heterocycles. The fourth-order valence-corrected chi connectivity index (χ4v) is 4.57. The molecule has 0 saturated carbocycles. The second-order valence-electron chi connectivity index (χ2n) is 6.94. The Hall–Kier alpha value is -2.00. The van der Waals surface area contributed by atoms with Crippen molar-refractivity contribution in [3.05, 3.63) is 23.2 Å². The summed E-state index contributed by atoms with van der Waals surface area (Å²) in [5, 5.41) is 0.309. The maximum absolute atomic E-state index is 12.5. The van der Waals surface area contributed by atoms with Gasteiger partial charge >= 0.3 is 5.97 Å². The Morgan fingerprint density at radius 3 is 2.41 bits per heavy atom. The van der Waals surface area contributed by atoms with Gasteiger partial charge in [0.1, 0.15) is 5.75 Å². The molecule has 8 nitrogen and oxygen atoms in total. The lowest BCUT2D eigenvalue weighted by molar-refractivity contribution is -0.148. The summed E-state index contributed by atoms with van der Waals surface area (Å²) in [5.41, 5.74) is 0.421. The second kappa shape index (κ2) is 10.2. The number of halogens is 1. The number of esters is 1. The highest BCUT2D eigenvalue weighted by Gasteiger charge is 2.28. The van der Waals surface area contributed by atoms with Crippen molar-refractivity contribution in [2.45, 2.75) is 25.7 Å². The van der Waals surface area contributed by atoms with E-state index in [2.05, 4.69) is 0 Å². The third-order valence-electron chi connectivity index (χ3n) is 4.96. The standard InChI is InChI=1S/C19H27ClN2O6S/c1-27-17-7-6-15(13-16(17)20)22(29(3,25)26)10-4-5-18(23)21-11-8-14(9-12-21)19(24)28-2/h6-7,13-14H,4-5,8-12H2,1-3H3. The first-order valence-electron chi connectivity index (χ1n) is 9.34. The SMILES string of the molecule is COC(=O)C1CCN(C(=O)CCCN(c2ccc(OC)c(Cl)c2)S(C)(=O)=O)CC1. The molecule has 162 valence electrons. The predicted molar refractivity (Wildman–Crippen MR) is 111 cm³/mol. The number of sulfonamides is 1. The molecular formula is C19H27ClN2O6S. The van der Waals surface area contributed by atoms with Gasteiger partial charge in [0.2, 0.25) is 15.9 Å². The van der Waals surface area contributed by atoms with Gasteiger partial charge in [-0.25, -0.2) is 8.42 Å². The molecule has 2 rings (SSSR count). The molecule has 0 spiro atoms. The first-order chi connectivity index (χ1) is 13.7. The normalized spacial score (nSPS) is 15.1. The van der Waals surface area contributed by atoms with Crippen LogP contribution in [0.3, 0.4) is 0 Å². The molecule has 1 amide bonds. The van der Waals surface area contributed by atoms with E-state index >= 15 is 0 Å². The minimum Gasteiger partial charge on any atom is -0.495 e. The van der Waals surface area contributed by atoms with Crippen molar-refractivity contribution in [2.24, 2.45) is 5.92 Å². The van der Waals surface area contributed by atoms with Gasteiger partial charge in [-0.2, -0.15) is 0 Å². The minimum atomic E-state index is -3.54. The van der Waals surface area contributed by atoms with Crippen LogP contribution in [-0.2, 0) is 24.3 Å². The van der Waals surface area contributed by atoms with Crippen LogP contribution < -0.4 is 9.04 Å². The monoisotopic (exact) mass is 446 g/mol. The van der Waals surface area contributed by atoms with Crippen molar-refractivity contribution in [3.8, 4) is 5.75 Å². The zero-order valence-electron chi connectivity index (χ0n) is 16.9. The molecule has 29 heavy (non-hydrogen) atoms. The van der Waals surface area contributed by atoms with Gasteiger partial charge in [-0.3, -0.25) is 13.9 Å². The molecule has 0 radical (unpaired) electrons.